The summed E-state index contributed by atoms with van der Waals surface area (Å²) >= 11 is 0. The molecule has 2 aliphatic heterocycles. The predicted molar refractivity (Wildman–Crippen MR) is 197 cm³/mol. The Hall–Kier alpha value is -4.72. The Labute approximate surface area is 291 Å². The summed E-state index contributed by atoms with van der Waals surface area (Å²) in [6, 6.07) is 9.42. The molecule has 1 aliphatic carbocycles. The van der Waals surface area contributed by atoms with Gasteiger partial charge < -0.3 is 29.0 Å². The maximum atomic E-state index is 13.9. The molecule has 1 unspecified atom stereocenters. The van der Waals surface area contributed by atoms with E-state index in [0.29, 0.717) is 51.6 Å². The van der Waals surface area contributed by atoms with Gasteiger partial charge in [-0.05, 0) is 66.6 Å². The zero-order chi connectivity index (χ0) is 34.9. The number of aryl methyl sites for hydroxylation is 1. The van der Waals surface area contributed by atoms with Crippen LogP contribution in [0.2, 0.25) is 0 Å². The number of rotatable bonds is 7. The van der Waals surface area contributed by atoms with Gasteiger partial charge in [0.05, 0.1) is 31.1 Å². The van der Waals surface area contributed by atoms with Crippen LogP contribution in [0.25, 0.3) is 22.5 Å². The molecule has 8 rings (SSSR count). The molecule has 0 bridgehead atoms. The standard InChI is InChI=1S/C37H43BN8O4/c1-22-18-43(26-20-50-21-26)9-10-44(22)25-5-6-31(40-17-25)41-28-13-24(19-42(4)35(28)48)27-7-8-39-34(32(27)33(38)47)46-12-11-45-29(36(46)49)14-23-15-37(2,3)16-30(23)45/h5-8,11-14,17,19,22,26,33,47H,9-10,15-16,18,20-21,38H2,1-4H3,(H,40,41)/t22-,33?/m0/s1. The predicted octanol–water partition coefficient (Wildman–Crippen LogP) is 2.65. The van der Waals surface area contributed by atoms with Crippen LogP contribution < -0.4 is 21.3 Å². The minimum Gasteiger partial charge on any atom is -0.398 e. The first-order valence-electron chi connectivity index (χ1n) is 17.4. The summed E-state index contributed by atoms with van der Waals surface area (Å²) in [4.78, 5) is 41.4. The number of aliphatic hydroxyl groups is 1. The number of aliphatic hydroxyl groups excluding tert-OH is 1. The Balaban J connectivity index is 1.09. The van der Waals surface area contributed by atoms with Crippen LogP contribution in [0, 0.1) is 5.41 Å². The summed E-state index contributed by atoms with van der Waals surface area (Å²) in [5.74, 6) is 0.901. The molecule has 50 heavy (non-hydrogen) atoms. The lowest BCUT2D eigenvalue weighted by atomic mass is 9.87. The molecule has 2 N–H and O–H groups in total. The monoisotopic (exact) mass is 674 g/mol. The highest BCUT2D eigenvalue weighted by molar-refractivity contribution is 6.12. The molecule has 2 atom stereocenters. The van der Waals surface area contributed by atoms with Gasteiger partial charge in [0.1, 0.15) is 30.7 Å². The van der Waals surface area contributed by atoms with Crippen molar-refractivity contribution in [3.05, 3.63) is 98.8 Å². The molecular formula is C37H43BN8O4. The first kappa shape index (κ1) is 32.5. The number of piperazine rings is 1. The van der Waals surface area contributed by atoms with E-state index in [1.807, 2.05) is 35.0 Å². The Morgan fingerprint density at radius 3 is 2.58 bits per heavy atom. The van der Waals surface area contributed by atoms with Crippen molar-refractivity contribution in [1.82, 2.24) is 28.4 Å². The summed E-state index contributed by atoms with van der Waals surface area (Å²) in [6.45, 7) is 11.3. The zero-order valence-electron chi connectivity index (χ0n) is 29.3. The molecule has 0 saturated carbocycles. The second kappa shape index (κ2) is 12.3. The lowest BCUT2D eigenvalue weighted by Crippen LogP contribution is -2.59. The highest BCUT2D eigenvalue weighted by atomic mass is 16.5. The number of hydrogen-bond donors (Lipinski definition) is 2. The summed E-state index contributed by atoms with van der Waals surface area (Å²) in [7, 11) is 3.36. The van der Waals surface area contributed by atoms with Crippen LogP contribution in [0.1, 0.15) is 43.6 Å². The van der Waals surface area contributed by atoms with Gasteiger partial charge in [-0.2, -0.15) is 0 Å². The van der Waals surface area contributed by atoms with Crippen molar-refractivity contribution in [3.8, 4) is 16.9 Å². The first-order valence-corrected chi connectivity index (χ1v) is 17.4. The molecule has 13 heteroatoms. The van der Waals surface area contributed by atoms with Gasteiger partial charge in [0.2, 0.25) is 0 Å². The van der Waals surface area contributed by atoms with Crippen LogP contribution in [0.4, 0.5) is 17.2 Å². The lowest BCUT2D eigenvalue weighted by Gasteiger charge is -2.46. The van der Waals surface area contributed by atoms with Crippen LogP contribution >= 0.6 is 0 Å². The van der Waals surface area contributed by atoms with E-state index in [1.165, 1.54) is 20.4 Å². The molecule has 0 spiro atoms. The average Bonchev–Trinajstić information content (AvgIpc) is 3.55. The molecule has 5 aromatic heterocycles. The van der Waals surface area contributed by atoms with Gasteiger partial charge in [-0.1, -0.05) is 13.8 Å². The normalized spacial score (nSPS) is 19.8. The third-order valence-electron chi connectivity index (χ3n) is 10.6. The van der Waals surface area contributed by atoms with Crippen LogP contribution in [-0.2, 0) is 24.6 Å². The summed E-state index contributed by atoms with van der Waals surface area (Å²) in [5.41, 5.74) is 5.94. The quantitative estimate of drug-likeness (QED) is 0.251. The molecule has 258 valence electrons. The fourth-order valence-corrected chi connectivity index (χ4v) is 8.00. The third kappa shape index (κ3) is 5.63. The van der Waals surface area contributed by atoms with Crippen molar-refractivity contribution in [2.45, 2.75) is 51.7 Å². The van der Waals surface area contributed by atoms with Crippen molar-refractivity contribution in [1.29, 1.82) is 0 Å². The van der Waals surface area contributed by atoms with E-state index in [0.717, 1.165) is 51.4 Å². The van der Waals surface area contributed by atoms with E-state index in [1.54, 1.807) is 45.6 Å². The molecule has 12 nitrogen and oxygen atoms in total. The van der Waals surface area contributed by atoms with Crippen molar-refractivity contribution in [3.63, 3.8) is 0 Å². The van der Waals surface area contributed by atoms with Gasteiger partial charge in [-0.15, -0.1) is 0 Å². The molecule has 7 heterocycles. The molecule has 5 aromatic rings. The summed E-state index contributed by atoms with van der Waals surface area (Å²) in [5, 5.41) is 14.4. The van der Waals surface area contributed by atoms with Crippen LogP contribution in [0.3, 0.4) is 0 Å². The maximum Gasteiger partial charge on any atom is 0.280 e. The Morgan fingerprint density at radius 2 is 1.88 bits per heavy atom. The van der Waals surface area contributed by atoms with E-state index in [4.69, 9.17) is 4.74 Å². The van der Waals surface area contributed by atoms with Gasteiger partial charge in [-0.25, -0.2) is 9.97 Å². The zero-order valence-corrected chi connectivity index (χ0v) is 29.3. The third-order valence-corrected chi connectivity index (χ3v) is 10.6. The van der Waals surface area contributed by atoms with Crippen molar-refractivity contribution >= 4 is 30.6 Å². The topological polar surface area (TPSA) is 122 Å². The summed E-state index contributed by atoms with van der Waals surface area (Å²) < 4.78 is 10.4. The SMILES string of the molecule is BC(O)c1c(-c2cc(Nc3ccc(N4CCN(C5COC5)C[C@@H]4C)cn3)c(=O)n(C)c2)ccnc1-n1ccn2c3c(cc2c1=O)CC(C)(C)C3. The largest absolute Gasteiger partial charge is 0.398 e. The number of nitrogens with zero attached hydrogens (tertiary/aromatic N) is 7. The number of hydrogen-bond acceptors (Lipinski definition) is 9. The number of anilines is 3. The fourth-order valence-electron chi connectivity index (χ4n) is 8.00. The van der Waals surface area contributed by atoms with Gasteiger partial charge in [0, 0.05) is 80.3 Å². The summed E-state index contributed by atoms with van der Waals surface area (Å²) in [6.07, 6.45) is 10.7. The van der Waals surface area contributed by atoms with E-state index in [-0.39, 0.29) is 16.5 Å². The van der Waals surface area contributed by atoms with E-state index in [9.17, 15) is 14.7 Å². The average molecular weight is 675 g/mol. The Kier molecular flexibility index (Phi) is 7.96. The Morgan fingerprint density at radius 1 is 1.06 bits per heavy atom. The second-order valence-electron chi connectivity index (χ2n) is 14.9. The van der Waals surface area contributed by atoms with E-state index in [2.05, 4.69) is 45.9 Å². The fraction of sp³-hybridized carbons (Fsp3) is 0.405. The number of aromatic nitrogens is 5. The number of ether oxygens (including phenoxy) is 1. The van der Waals surface area contributed by atoms with Crippen LogP contribution in [0.5, 0.6) is 0 Å². The second-order valence-corrected chi connectivity index (χ2v) is 14.9. The van der Waals surface area contributed by atoms with Crippen LogP contribution in [-0.4, -0.2) is 86.3 Å². The van der Waals surface area contributed by atoms with E-state index < -0.39 is 6.00 Å². The molecule has 2 fully saturated rings. The van der Waals surface area contributed by atoms with Gasteiger partial charge in [0.15, 0.2) is 0 Å². The minimum absolute atomic E-state index is 0.166. The van der Waals surface area contributed by atoms with Gasteiger partial charge in [-0.3, -0.25) is 19.1 Å². The van der Waals surface area contributed by atoms with Crippen molar-refractivity contribution in [2.24, 2.45) is 12.5 Å². The highest BCUT2D eigenvalue weighted by Gasteiger charge is 2.33. The minimum atomic E-state index is -0.955. The van der Waals surface area contributed by atoms with Gasteiger partial charge in [0.25, 0.3) is 11.1 Å². The molecule has 0 radical (unpaired) electrons. The van der Waals surface area contributed by atoms with E-state index >= 15 is 0 Å². The maximum absolute atomic E-state index is 13.9. The number of pyridine rings is 3. The molecule has 3 aliphatic rings. The first-order chi connectivity index (χ1) is 24.0. The molecule has 0 amide bonds. The smallest absolute Gasteiger partial charge is 0.280 e. The van der Waals surface area contributed by atoms with Crippen LogP contribution in [0.15, 0.2) is 70.9 Å². The van der Waals surface area contributed by atoms with Crippen molar-refractivity contribution in [2.75, 3.05) is 43.1 Å². The Bertz CT molecular complexity index is 2220. The number of fused-ring (bicyclic) bond motifs is 3. The van der Waals surface area contributed by atoms with Crippen molar-refractivity contribution < 1.29 is 9.84 Å². The lowest BCUT2D eigenvalue weighted by molar-refractivity contribution is -0.0691. The highest BCUT2D eigenvalue weighted by Crippen LogP contribution is 2.38. The molecule has 0 aromatic carbocycles. The van der Waals surface area contributed by atoms with Gasteiger partial charge >= 0.3 is 0 Å². The number of nitrogens with one attached hydrogen (secondary N) is 1. The molecular weight excluding hydrogens is 631 g/mol. The molecule has 2 saturated heterocycles.